The fourth-order valence-electron chi connectivity index (χ4n) is 0.768. The van der Waals surface area contributed by atoms with Crippen molar-refractivity contribution in [2.75, 3.05) is 17.3 Å². The van der Waals surface area contributed by atoms with E-state index in [1.54, 1.807) is 0 Å². The summed E-state index contributed by atoms with van der Waals surface area (Å²) in [5.41, 5.74) is 0.857. The number of rotatable bonds is 5. The Bertz CT molecular complexity index is 261. The van der Waals surface area contributed by atoms with Crippen LogP contribution in [0.15, 0.2) is 0 Å². The maximum Gasteiger partial charge on any atom is 0.441 e. The van der Waals surface area contributed by atoms with Gasteiger partial charge in [0.25, 0.3) is 0 Å². The fourth-order valence-corrected chi connectivity index (χ4v) is 3.32. The summed E-state index contributed by atoms with van der Waals surface area (Å²) in [7, 11) is -3.45. The molecule has 0 saturated carbocycles. The summed E-state index contributed by atoms with van der Waals surface area (Å²) in [6.07, 6.45) is 0. The van der Waals surface area contributed by atoms with Gasteiger partial charge in [0.1, 0.15) is 0 Å². The Morgan fingerprint density at radius 1 is 1.43 bits per heavy atom. The Morgan fingerprint density at radius 3 is 2.29 bits per heavy atom. The molecule has 86 valence electrons. The van der Waals surface area contributed by atoms with Crippen LogP contribution in [0.25, 0.3) is 0 Å². The van der Waals surface area contributed by atoms with Crippen LogP contribution >= 0.6 is 11.8 Å². The highest BCUT2D eigenvalue weighted by atomic mass is 32.2. The lowest BCUT2D eigenvalue weighted by molar-refractivity contribution is -0.0326. The molecule has 8 heteroatoms. The van der Waals surface area contributed by atoms with Crippen LogP contribution < -0.4 is 5.73 Å². The van der Waals surface area contributed by atoms with Gasteiger partial charge in [-0.3, -0.25) is 0 Å². The van der Waals surface area contributed by atoms with E-state index in [-0.39, 0.29) is 17.5 Å². The van der Waals surface area contributed by atoms with Crippen molar-refractivity contribution in [2.45, 2.75) is 18.5 Å². The largest absolute Gasteiger partial charge is 0.441 e. The Kier molecular flexibility index (Phi) is 5.24. The third kappa shape index (κ3) is 8.64. The van der Waals surface area contributed by atoms with E-state index in [0.717, 1.165) is 0 Å². The third-order valence-electron chi connectivity index (χ3n) is 1.18. The number of halogens is 3. The molecule has 1 atom stereocenters. The highest BCUT2D eigenvalue weighted by Crippen LogP contribution is 2.29. The molecular formula is C6H12F3NO2S2. The molecule has 0 fully saturated rings. The van der Waals surface area contributed by atoms with Crippen molar-refractivity contribution in [3.8, 4) is 0 Å². The first kappa shape index (κ1) is 14.1. The molecule has 0 aliphatic carbocycles. The van der Waals surface area contributed by atoms with E-state index in [4.69, 9.17) is 5.73 Å². The first-order valence-corrected chi connectivity index (χ1v) is 6.60. The Hall–Kier alpha value is 0.0500. The SMILES string of the molecule is CC(N)CS(=O)(=O)CCSC(F)(F)F. The van der Waals surface area contributed by atoms with Crippen molar-refractivity contribution in [3.05, 3.63) is 0 Å². The van der Waals surface area contributed by atoms with Gasteiger partial charge in [0, 0.05) is 11.8 Å². The standard InChI is InChI=1S/C6H12F3NO2S2/c1-5(10)4-14(11,12)3-2-13-6(7,8)9/h5H,2-4,10H2,1H3. The Balaban J connectivity index is 3.90. The van der Waals surface area contributed by atoms with Gasteiger partial charge in [0.2, 0.25) is 0 Å². The van der Waals surface area contributed by atoms with Gasteiger partial charge < -0.3 is 5.73 Å². The van der Waals surface area contributed by atoms with Crippen molar-refractivity contribution in [1.29, 1.82) is 0 Å². The lowest BCUT2D eigenvalue weighted by atomic mass is 10.4. The van der Waals surface area contributed by atoms with Crippen LogP contribution in [-0.2, 0) is 9.84 Å². The second-order valence-corrected chi connectivity index (χ2v) is 6.27. The van der Waals surface area contributed by atoms with E-state index in [1.165, 1.54) is 6.92 Å². The highest BCUT2D eigenvalue weighted by molar-refractivity contribution is 8.01. The normalized spacial score (nSPS) is 15.5. The van der Waals surface area contributed by atoms with Crippen molar-refractivity contribution in [3.63, 3.8) is 0 Å². The number of sulfone groups is 1. The minimum atomic E-state index is -4.37. The van der Waals surface area contributed by atoms with Crippen LogP contribution in [0, 0.1) is 0 Å². The molecule has 0 aromatic carbocycles. The number of alkyl halides is 3. The second-order valence-electron chi connectivity index (χ2n) is 2.89. The van der Waals surface area contributed by atoms with E-state index in [0.29, 0.717) is 0 Å². The Labute approximate surface area is 85.1 Å². The zero-order valence-corrected chi connectivity index (χ0v) is 9.18. The molecule has 2 N–H and O–H groups in total. The fraction of sp³-hybridized carbons (Fsp3) is 1.00. The molecule has 0 saturated heterocycles. The topological polar surface area (TPSA) is 60.2 Å². The van der Waals surface area contributed by atoms with Crippen LogP contribution in [0.1, 0.15) is 6.92 Å². The smallest absolute Gasteiger partial charge is 0.327 e. The summed E-state index contributed by atoms with van der Waals surface area (Å²) in [5, 5.41) is 0. The summed E-state index contributed by atoms with van der Waals surface area (Å²) < 4.78 is 57.0. The van der Waals surface area contributed by atoms with E-state index in [2.05, 4.69) is 0 Å². The number of hydrogen-bond donors (Lipinski definition) is 1. The number of hydrogen-bond acceptors (Lipinski definition) is 4. The van der Waals surface area contributed by atoms with Gasteiger partial charge in [-0.2, -0.15) is 13.2 Å². The summed E-state index contributed by atoms with van der Waals surface area (Å²) in [5.74, 6) is -1.23. The van der Waals surface area contributed by atoms with E-state index in [1.807, 2.05) is 0 Å². The van der Waals surface area contributed by atoms with Crippen LogP contribution in [0.5, 0.6) is 0 Å². The highest BCUT2D eigenvalue weighted by Gasteiger charge is 2.28. The lowest BCUT2D eigenvalue weighted by Gasteiger charge is -2.08. The number of thioether (sulfide) groups is 1. The molecule has 0 aliphatic rings. The second kappa shape index (κ2) is 5.22. The molecule has 0 bridgehead atoms. The molecule has 0 aromatic heterocycles. The van der Waals surface area contributed by atoms with Gasteiger partial charge in [0.05, 0.1) is 11.5 Å². The minimum absolute atomic E-state index is 0.272. The van der Waals surface area contributed by atoms with Gasteiger partial charge in [-0.25, -0.2) is 8.42 Å². The summed E-state index contributed by atoms with van der Waals surface area (Å²) >= 11 is -0.332. The van der Waals surface area contributed by atoms with Crippen molar-refractivity contribution >= 4 is 21.6 Å². The monoisotopic (exact) mass is 251 g/mol. The zero-order valence-electron chi connectivity index (χ0n) is 7.54. The lowest BCUT2D eigenvalue weighted by Crippen LogP contribution is -2.28. The molecule has 0 aliphatic heterocycles. The van der Waals surface area contributed by atoms with Crippen LogP contribution in [0.3, 0.4) is 0 Å². The average Bonchev–Trinajstić information content (AvgIpc) is 1.78. The molecule has 0 spiro atoms. The molecule has 0 aromatic rings. The molecule has 14 heavy (non-hydrogen) atoms. The third-order valence-corrected chi connectivity index (χ3v) is 4.03. The van der Waals surface area contributed by atoms with Crippen molar-refractivity contribution < 1.29 is 21.6 Å². The van der Waals surface area contributed by atoms with Gasteiger partial charge in [-0.15, -0.1) is 0 Å². The molecular weight excluding hydrogens is 239 g/mol. The molecule has 3 nitrogen and oxygen atoms in total. The van der Waals surface area contributed by atoms with Gasteiger partial charge >= 0.3 is 5.51 Å². The predicted molar refractivity (Wildman–Crippen MR) is 50.8 cm³/mol. The summed E-state index contributed by atoms with van der Waals surface area (Å²) in [6.45, 7) is 1.49. The van der Waals surface area contributed by atoms with E-state index >= 15 is 0 Å². The van der Waals surface area contributed by atoms with E-state index in [9.17, 15) is 21.6 Å². The maximum absolute atomic E-state index is 11.6. The van der Waals surface area contributed by atoms with Crippen LogP contribution in [-0.4, -0.2) is 37.2 Å². The van der Waals surface area contributed by atoms with Gasteiger partial charge in [-0.1, -0.05) is 0 Å². The van der Waals surface area contributed by atoms with Gasteiger partial charge in [0.15, 0.2) is 9.84 Å². The first-order chi connectivity index (χ1) is 6.12. The minimum Gasteiger partial charge on any atom is -0.327 e. The van der Waals surface area contributed by atoms with Crippen LogP contribution in [0.4, 0.5) is 13.2 Å². The van der Waals surface area contributed by atoms with Gasteiger partial charge in [-0.05, 0) is 18.7 Å². The molecule has 0 rings (SSSR count). The van der Waals surface area contributed by atoms with Crippen molar-refractivity contribution in [2.24, 2.45) is 5.73 Å². The zero-order chi connectivity index (χ0) is 11.4. The molecule has 0 amide bonds. The Morgan fingerprint density at radius 2 is 1.93 bits per heavy atom. The number of nitrogens with two attached hydrogens (primary N) is 1. The summed E-state index contributed by atoms with van der Waals surface area (Å²) in [4.78, 5) is 0. The summed E-state index contributed by atoms with van der Waals surface area (Å²) in [6, 6.07) is -0.545. The predicted octanol–water partition coefficient (Wildman–Crippen LogP) is 1.00. The van der Waals surface area contributed by atoms with E-state index < -0.39 is 32.9 Å². The first-order valence-electron chi connectivity index (χ1n) is 3.79. The molecule has 0 radical (unpaired) electrons. The average molecular weight is 251 g/mol. The quantitative estimate of drug-likeness (QED) is 0.792. The maximum atomic E-state index is 11.6. The van der Waals surface area contributed by atoms with Crippen molar-refractivity contribution in [1.82, 2.24) is 0 Å². The van der Waals surface area contributed by atoms with Crippen LogP contribution in [0.2, 0.25) is 0 Å². The molecule has 1 unspecified atom stereocenters. The molecule has 0 heterocycles.